The van der Waals surface area contributed by atoms with E-state index < -0.39 is 5.97 Å². The molecule has 152 valence electrons. The van der Waals surface area contributed by atoms with E-state index in [9.17, 15) is 9.59 Å². The first kappa shape index (κ1) is 20.4. The van der Waals surface area contributed by atoms with Crippen molar-refractivity contribution in [3.63, 3.8) is 0 Å². The van der Waals surface area contributed by atoms with Gasteiger partial charge in [0.25, 0.3) is 5.91 Å². The van der Waals surface area contributed by atoms with Crippen LogP contribution < -0.4 is 10.1 Å². The summed E-state index contributed by atoms with van der Waals surface area (Å²) in [6.07, 6.45) is 2.53. The van der Waals surface area contributed by atoms with Crippen molar-refractivity contribution < 1.29 is 24.2 Å². The Kier molecular flexibility index (Phi) is 6.86. The van der Waals surface area contributed by atoms with Crippen LogP contribution in [0, 0.1) is 0 Å². The molecule has 0 bridgehead atoms. The van der Waals surface area contributed by atoms with Gasteiger partial charge in [-0.2, -0.15) is 0 Å². The topological polar surface area (TPSA) is 89.8 Å². The average molecular weight is 396 g/mol. The summed E-state index contributed by atoms with van der Waals surface area (Å²) in [7, 11) is 1.66. The second-order valence-electron chi connectivity index (χ2n) is 6.58. The molecule has 2 N–H and O–H groups in total. The van der Waals surface area contributed by atoms with Crippen molar-refractivity contribution >= 4 is 22.8 Å². The number of para-hydroxylation sites is 1. The number of aromatic nitrogens is 1. The molecule has 0 fully saturated rings. The molecule has 3 rings (SSSR count). The third-order valence-corrected chi connectivity index (χ3v) is 4.55. The Hall–Kier alpha value is -3.32. The number of amides is 1. The number of benzene rings is 2. The highest BCUT2D eigenvalue weighted by Gasteiger charge is 2.14. The number of carboxylic acid groups (broad SMARTS) is 1. The Morgan fingerprint density at radius 1 is 1.10 bits per heavy atom. The van der Waals surface area contributed by atoms with E-state index in [4.69, 9.17) is 14.6 Å². The first-order chi connectivity index (χ1) is 14.1. The molecule has 1 amide bonds. The maximum absolute atomic E-state index is 12.7. The van der Waals surface area contributed by atoms with E-state index in [2.05, 4.69) is 5.32 Å². The van der Waals surface area contributed by atoms with E-state index in [-0.39, 0.29) is 12.5 Å². The molecule has 0 saturated carbocycles. The lowest BCUT2D eigenvalue weighted by Crippen LogP contribution is -2.25. The Morgan fingerprint density at radius 2 is 1.86 bits per heavy atom. The predicted octanol–water partition coefficient (Wildman–Crippen LogP) is 2.72. The third kappa shape index (κ3) is 5.36. The van der Waals surface area contributed by atoms with Gasteiger partial charge < -0.3 is 24.5 Å². The summed E-state index contributed by atoms with van der Waals surface area (Å²) < 4.78 is 12.3. The van der Waals surface area contributed by atoms with Gasteiger partial charge in [-0.3, -0.25) is 4.79 Å². The van der Waals surface area contributed by atoms with Crippen LogP contribution in [0.5, 0.6) is 5.75 Å². The van der Waals surface area contributed by atoms with Gasteiger partial charge in [0.05, 0.1) is 12.2 Å². The lowest BCUT2D eigenvalue weighted by Gasteiger charge is -2.07. The number of fused-ring (bicyclic) bond motifs is 1. The molecule has 0 atom stereocenters. The molecule has 0 radical (unpaired) electrons. The molecule has 0 unspecified atom stereocenters. The molecule has 1 aromatic heterocycles. The van der Waals surface area contributed by atoms with E-state index in [1.807, 2.05) is 47.2 Å². The zero-order chi connectivity index (χ0) is 20.6. The van der Waals surface area contributed by atoms with Crippen LogP contribution in [0.2, 0.25) is 0 Å². The number of hydrogen-bond donors (Lipinski definition) is 2. The second kappa shape index (κ2) is 9.75. The fraction of sp³-hybridized carbons (Fsp3) is 0.273. The summed E-state index contributed by atoms with van der Waals surface area (Å²) in [5.74, 6) is -0.622. The summed E-state index contributed by atoms with van der Waals surface area (Å²) in [5, 5.41) is 12.5. The van der Waals surface area contributed by atoms with E-state index in [0.717, 1.165) is 16.5 Å². The number of nitrogens with one attached hydrogen (secondary N) is 1. The zero-order valence-electron chi connectivity index (χ0n) is 16.3. The van der Waals surface area contributed by atoms with Gasteiger partial charge in [-0.25, -0.2) is 4.79 Å². The molecule has 0 aliphatic rings. The van der Waals surface area contributed by atoms with Gasteiger partial charge in [0.2, 0.25) is 0 Å². The van der Waals surface area contributed by atoms with Crippen molar-refractivity contribution in [3.05, 3.63) is 65.9 Å². The molecular weight excluding hydrogens is 372 g/mol. The Labute approximate surface area is 168 Å². The largest absolute Gasteiger partial charge is 0.482 e. The lowest BCUT2D eigenvalue weighted by molar-refractivity contribution is -0.139. The monoisotopic (exact) mass is 396 g/mol. The molecule has 29 heavy (non-hydrogen) atoms. The highest BCUT2D eigenvalue weighted by molar-refractivity contribution is 6.07. The van der Waals surface area contributed by atoms with Gasteiger partial charge in [-0.1, -0.05) is 30.3 Å². The van der Waals surface area contributed by atoms with Gasteiger partial charge >= 0.3 is 5.97 Å². The van der Waals surface area contributed by atoms with Gasteiger partial charge in [-0.15, -0.1) is 0 Å². The molecule has 1 heterocycles. The van der Waals surface area contributed by atoms with Crippen molar-refractivity contribution in [1.29, 1.82) is 0 Å². The quantitative estimate of drug-likeness (QED) is 0.550. The smallest absolute Gasteiger partial charge is 0.341 e. The Balaban J connectivity index is 1.59. The number of nitrogens with zero attached hydrogens (tertiary/aromatic N) is 1. The molecule has 0 saturated heterocycles. The van der Waals surface area contributed by atoms with Crippen LogP contribution in [-0.4, -0.2) is 48.4 Å². The van der Waals surface area contributed by atoms with Crippen molar-refractivity contribution in [1.82, 2.24) is 9.88 Å². The molecule has 2 aromatic carbocycles. The standard InChI is InChI=1S/C22H24N2O5/c1-28-13-12-24-14-19(18-4-2-3-5-20(18)24)22(27)23-11-10-16-6-8-17(9-7-16)29-15-21(25)26/h2-9,14H,10-13,15H2,1H3,(H,23,27)(H,25,26). The third-order valence-electron chi connectivity index (χ3n) is 4.55. The summed E-state index contributed by atoms with van der Waals surface area (Å²) in [5.41, 5.74) is 2.68. The van der Waals surface area contributed by atoms with Gasteiger partial charge in [0.1, 0.15) is 5.75 Å². The molecule has 0 aliphatic carbocycles. The molecule has 0 spiro atoms. The molecule has 7 nitrogen and oxygen atoms in total. The van der Waals surface area contributed by atoms with Crippen LogP contribution in [0.15, 0.2) is 54.7 Å². The fourth-order valence-electron chi connectivity index (χ4n) is 3.12. The summed E-state index contributed by atoms with van der Waals surface area (Å²) >= 11 is 0. The van der Waals surface area contributed by atoms with Crippen LogP contribution >= 0.6 is 0 Å². The predicted molar refractivity (Wildman–Crippen MR) is 109 cm³/mol. The number of hydrogen-bond acceptors (Lipinski definition) is 4. The van der Waals surface area contributed by atoms with Gasteiger partial charge in [0.15, 0.2) is 6.61 Å². The SMILES string of the molecule is COCCn1cc(C(=O)NCCc2ccc(OCC(=O)O)cc2)c2ccccc21. The first-order valence-electron chi connectivity index (χ1n) is 9.37. The number of carbonyl (C=O) groups excluding carboxylic acids is 1. The van der Waals surface area contributed by atoms with E-state index in [1.54, 1.807) is 19.2 Å². The van der Waals surface area contributed by atoms with E-state index >= 15 is 0 Å². The number of carboxylic acids is 1. The number of rotatable bonds is 10. The minimum atomic E-state index is -1.01. The highest BCUT2D eigenvalue weighted by atomic mass is 16.5. The number of carbonyl (C=O) groups is 2. The van der Waals surface area contributed by atoms with Crippen LogP contribution in [0.25, 0.3) is 10.9 Å². The molecule has 0 aliphatic heterocycles. The van der Waals surface area contributed by atoms with Crippen LogP contribution in [0.3, 0.4) is 0 Å². The van der Waals surface area contributed by atoms with Crippen LogP contribution in [0.1, 0.15) is 15.9 Å². The summed E-state index contributed by atoms with van der Waals surface area (Å²) in [6, 6.07) is 15.0. The second-order valence-corrected chi connectivity index (χ2v) is 6.58. The Morgan fingerprint density at radius 3 is 2.59 bits per heavy atom. The molecule has 3 aromatic rings. The van der Waals surface area contributed by atoms with Crippen LogP contribution in [-0.2, 0) is 22.5 Å². The highest BCUT2D eigenvalue weighted by Crippen LogP contribution is 2.21. The zero-order valence-corrected chi connectivity index (χ0v) is 16.3. The number of methoxy groups -OCH3 is 1. The first-order valence-corrected chi connectivity index (χ1v) is 9.37. The van der Waals surface area contributed by atoms with Gasteiger partial charge in [0, 0.05) is 37.3 Å². The fourth-order valence-corrected chi connectivity index (χ4v) is 3.12. The maximum Gasteiger partial charge on any atom is 0.341 e. The number of ether oxygens (including phenoxy) is 2. The summed E-state index contributed by atoms with van der Waals surface area (Å²) in [4.78, 5) is 23.2. The maximum atomic E-state index is 12.7. The Bertz CT molecular complexity index is 979. The van der Waals surface area contributed by atoms with E-state index in [0.29, 0.717) is 37.4 Å². The normalized spacial score (nSPS) is 10.8. The number of aliphatic carboxylic acids is 1. The lowest BCUT2D eigenvalue weighted by atomic mass is 10.1. The van der Waals surface area contributed by atoms with Crippen molar-refractivity contribution in [3.8, 4) is 5.75 Å². The van der Waals surface area contributed by atoms with Crippen molar-refractivity contribution in [2.75, 3.05) is 26.9 Å². The molecule has 7 heteroatoms. The van der Waals surface area contributed by atoms with E-state index in [1.165, 1.54) is 0 Å². The van der Waals surface area contributed by atoms with Crippen molar-refractivity contribution in [2.24, 2.45) is 0 Å². The minimum absolute atomic E-state index is 0.112. The average Bonchev–Trinajstić information content (AvgIpc) is 3.10. The molecular formula is C22H24N2O5. The summed E-state index contributed by atoms with van der Waals surface area (Å²) in [6.45, 7) is 1.38. The van der Waals surface area contributed by atoms with Crippen molar-refractivity contribution in [2.45, 2.75) is 13.0 Å². The minimum Gasteiger partial charge on any atom is -0.482 e. The van der Waals surface area contributed by atoms with Crippen LogP contribution in [0.4, 0.5) is 0 Å². The van der Waals surface area contributed by atoms with Gasteiger partial charge in [-0.05, 0) is 30.2 Å².